The minimum absolute atomic E-state index is 0.137. The van der Waals surface area contributed by atoms with Gasteiger partial charge in [-0.25, -0.2) is 4.79 Å². The van der Waals surface area contributed by atoms with E-state index in [1.807, 2.05) is 31.2 Å². The first-order chi connectivity index (χ1) is 14.9. The van der Waals surface area contributed by atoms with E-state index >= 15 is 0 Å². The molecule has 0 spiro atoms. The molecule has 0 aliphatic carbocycles. The number of ether oxygens (including phenoxy) is 5. The molecular weight excluding hydrogens is 400 g/mol. The molecule has 0 unspecified atom stereocenters. The van der Waals surface area contributed by atoms with Crippen molar-refractivity contribution in [1.82, 2.24) is 10.2 Å². The van der Waals surface area contributed by atoms with Crippen molar-refractivity contribution >= 4 is 6.03 Å². The Hall–Kier alpha value is -3.29. The van der Waals surface area contributed by atoms with Gasteiger partial charge in [-0.05, 0) is 54.3 Å². The van der Waals surface area contributed by atoms with Crippen LogP contribution in [0.4, 0.5) is 4.79 Å². The van der Waals surface area contributed by atoms with Gasteiger partial charge in [0.25, 0.3) is 0 Å². The maximum Gasteiger partial charge on any atom is 0.318 e. The van der Waals surface area contributed by atoms with E-state index in [-0.39, 0.29) is 12.1 Å². The van der Waals surface area contributed by atoms with Crippen molar-refractivity contribution < 1.29 is 28.5 Å². The Morgan fingerprint density at radius 3 is 1.90 bits per heavy atom. The van der Waals surface area contributed by atoms with Crippen LogP contribution < -0.4 is 29.0 Å². The molecule has 8 heteroatoms. The summed E-state index contributed by atoms with van der Waals surface area (Å²) in [5.41, 5.74) is 3.07. The molecule has 31 heavy (non-hydrogen) atoms. The molecule has 1 aliphatic rings. The van der Waals surface area contributed by atoms with E-state index in [0.717, 1.165) is 17.5 Å². The zero-order chi connectivity index (χ0) is 22.5. The van der Waals surface area contributed by atoms with Gasteiger partial charge in [0.1, 0.15) is 0 Å². The van der Waals surface area contributed by atoms with E-state index in [1.165, 1.54) is 5.56 Å². The fourth-order valence-corrected chi connectivity index (χ4v) is 3.77. The number of nitrogens with zero attached hydrogens (tertiary/aromatic N) is 1. The molecule has 2 aromatic carbocycles. The number of hydrogen-bond acceptors (Lipinski definition) is 6. The van der Waals surface area contributed by atoms with Crippen LogP contribution in [0.2, 0.25) is 0 Å². The molecule has 1 aliphatic heterocycles. The van der Waals surface area contributed by atoms with Gasteiger partial charge < -0.3 is 33.9 Å². The van der Waals surface area contributed by atoms with E-state index in [9.17, 15) is 4.79 Å². The van der Waals surface area contributed by atoms with Crippen LogP contribution in [0, 0.1) is 0 Å². The van der Waals surface area contributed by atoms with Crippen molar-refractivity contribution in [2.75, 3.05) is 42.1 Å². The maximum atomic E-state index is 13.0. The van der Waals surface area contributed by atoms with Crippen molar-refractivity contribution in [3.63, 3.8) is 0 Å². The van der Waals surface area contributed by atoms with Crippen LogP contribution in [0.15, 0.2) is 24.3 Å². The summed E-state index contributed by atoms with van der Waals surface area (Å²) < 4.78 is 27.0. The van der Waals surface area contributed by atoms with Gasteiger partial charge in [0.15, 0.2) is 23.0 Å². The Morgan fingerprint density at radius 2 is 1.39 bits per heavy atom. The Bertz CT molecular complexity index is 921. The molecule has 2 aromatic rings. The minimum Gasteiger partial charge on any atom is -0.493 e. The van der Waals surface area contributed by atoms with Gasteiger partial charge in [0, 0.05) is 13.1 Å². The number of nitrogens with one attached hydrogen (secondary N) is 1. The zero-order valence-corrected chi connectivity index (χ0v) is 18.9. The maximum absolute atomic E-state index is 13.0. The molecule has 0 bridgehead atoms. The smallest absolute Gasteiger partial charge is 0.318 e. The van der Waals surface area contributed by atoms with Gasteiger partial charge in [0.2, 0.25) is 5.75 Å². The molecule has 2 amide bonds. The molecule has 1 atom stereocenters. The van der Waals surface area contributed by atoms with Crippen molar-refractivity contribution in [3.8, 4) is 28.7 Å². The average molecular weight is 431 g/mol. The number of carbonyl (C=O) groups is 1. The van der Waals surface area contributed by atoms with Crippen LogP contribution in [-0.2, 0) is 13.0 Å². The summed E-state index contributed by atoms with van der Waals surface area (Å²) in [6.07, 6.45) is 0.752. The number of hydrogen-bond donors (Lipinski definition) is 1. The lowest BCUT2D eigenvalue weighted by Gasteiger charge is -2.31. The molecule has 0 fully saturated rings. The van der Waals surface area contributed by atoms with E-state index in [4.69, 9.17) is 23.7 Å². The van der Waals surface area contributed by atoms with E-state index in [0.29, 0.717) is 41.8 Å². The summed E-state index contributed by atoms with van der Waals surface area (Å²) in [5.74, 6) is 2.98. The van der Waals surface area contributed by atoms with E-state index < -0.39 is 0 Å². The average Bonchev–Trinajstić information content (AvgIpc) is 2.81. The van der Waals surface area contributed by atoms with Crippen molar-refractivity contribution in [1.29, 1.82) is 0 Å². The molecule has 168 valence electrons. The summed E-state index contributed by atoms with van der Waals surface area (Å²) in [5, 5.41) is 3.07. The van der Waals surface area contributed by atoms with Gasteiger partial charge >= 0.3 is 6.03 Å². The van der Waals surface area contributed by atoms with E-state index in [2.05, 4.69) is 5.32 Å². The molecule has 8 nitrogen and oxygen atoms in total. The first-order valence-corrected chi connectivity index (χ1v) is 10.0. The highest BCUT2D eigenvalue weighted by atomic mass is 16.5. The number of amides is 2. The predicted octanol–water partition coefficient (Wildman–Crippen LogP) is 3.56. The van der Waals surface area contributed by atoms with Crippen LogP contribution in [0.25, 0.3) is 0 Å². The van der Waals surface area contributed by atoms with Crippen molar-refractivity contribution in [2.24, 2.45) is 0 Å². The van der Waals surface area contributed by atoms with Gasteiger partial charge in [-0.1, -0.05) is 0 Å². The number of urea groups is 1. The Balaban J connectivity index is 1.75. The van der Waals surface area contributed by atoms with Gasteiger partial charge in [-0.15, -0.1) is 0 Å². The third-order valence-corrected chi connectivity index (χ3v) is 5.53. The molecule has 0 aromatic heterocycles. The van der Waals surface area contributed by atoms with Gasteiger partial charge in [-0.2, -0.15) is 0 Å². The molecule has 1 heterocycles. The largest absolute Gasteiger partial charge is 0.493 e. The van der Waals surface area contributed by atoms with Crippen molar-refractivity contribution in [2.45, 2.75) is 25.9 Å². The van der Waals surface area contributed by atoms with Crippen LogP contribution in [0.1, 0.15) is 29.7 Å². The summed E-state index contributed by atoms with van der Waals surface area (Å²) in [7, 11) is 7.93. The summed E-state index contributed by atoms with van der Waals surface area (Å²) >= 11 is 0. The van der Waals surface area contributed by atoms with Crippen LogP contribution >= 0.6 is 0 Å². The second kappa shape index (κ2) is 9.68. The second-order valence-corrected chi connectivity index (χ2v) is 7.28. The Labute approximate surface area is 183 Å². The Kier molecular flexibility index (Phi) is 6.99. The lowest BCUT2D eigenvalue weighted by Crippen LogP contribution is -2.43. The highest BCUT2D eigenvalue weighted by Gasteiger charge is 2.25. The first-order valence-electron chi connectivity index (χ1n) is 10.0. The first kappa shape index (κ1) is 22.4. The zero-order valence-electron chi connectivity index (χ0n) is 18.9. The van der Waals surface area contributed by atoms with Gasteiger partial charge in [-0.3, -0.25) is 0 Å². The van der Waals surface area contributed by atoms with Crippen LogP contribution in [0.3, 0.4) is 0 Å². The fraction of sp³-hybridized carbons (Fsp3) is 0.435. The molecule has 0 saturated heterocycles. The number of benzene rings is 2. The van der Waals surface area contributed by atoms with Gasteiger partial charge in [0.05, 0.1) is 41.6 Å². The number of fused-ring (bicyclic) bond motifs is 1. The van der Waals surface area contributed by atoms with Crippen LogP contribution in [-0.4, -0.2) is 53.0 Å². The lowest BCUT2D eigenvalue weighted by molar-refractivity contribution is 0.189. The summed E-state index contributed by atoms with van der Waals surface area (Å²) in [6.45, 7) is 3.05. The summed E-state index contributed by atoms with van der Waals surface area (Å²) in [4.78, 5) is 14.8. The third-order valence-electron chi connectivity index (χ3n) is 5.53. The normalized spacial score (nSPS) is 13.7. The summed E-state index contributed by atoms with van der Waals surface area (Å²) in [6, 6.07) is 7.22. The fourth-order valence-electron chi connectivity index (χ4n) is 3.77. The molecule has 0 saturated carbocycles. The number of rotatable bonds is 7. The topological polar surface area (TPSA) is 78.5 Å². The molecule has 3 rings (SSSR count). The predicted molar refractivity (Wildman–Crippen MR) is 117 cm³/mol. The third kappa shape index (κ3) is 4.57. The quantitative estimate of drug-likeness (QED) is 0.724. The highest BCUT2D eigenvalue weighted by molar-refractivity contribution is 5.75. The second-order valence-electron chi connectivity index (χ2n) is 7.28. The lowest BCUT2D eigenvalue weighted by atomic mass is 9.99. The molecular formula is C23H30N2O6. The number of carbonyl (C=O) groups excluding carboxylic acids is 1. The number of methoxy groups -OCH3 is 5. The minimum atomic E-state index is -0.256. The highest BCUT2D eigenvalue weighted by Crippen LogP contribution is 2.39. The van der Waals surface area contributed by atoms with E-state index in [1.54, 1.807) is 40.4 Å². The monoisotopic (exact) mass is 430 g/mol. The standard InChI is InChI=1S/C23H30N2O6/c1-14(16-10-20(29-4)22(31-6)21(11-16)30-5)24-23(26)25-8-7-15-9-18(27-2)19(28-3)12-17(15)13-25/h9-12,14H,7-8,13H2,1-6H3,(H,24,26)/t14-/m0/s1. The molecule has 1 N–H and O–H groups in total. The Morgan fingerprint density at radius 1 is 0.839 bits per heavy atom. The SMILES string of the molecule is COc1cc2c(cc1OC)CN(C(=O)N[C@@H](C)c1cc(OC)c(OC)c(OC)c1)CC2. The van der Waals surface area contributed by atoms with Crippen molar-refractivity contribution in [3.05, 3.63) is 41.0 Å². The molecule has 0 radical (unpaired) electrons. The van der Waals surface area contributed by atoms with Crippen LogP contribution in [0.5, 0.6) is 28.7 Å².